The molecule has 7 heteroatoms. The van der Waals surface area contributed by atoms with Crippen LogP contribution < -0.4 is 0 Å². The first kappa shape index (κ1) is 19.7. The van der Waals surface area contributed by atoms with Crippen LogP contribution in [0.25, 0.3) is 0 Å². The van der Waals surface area contributed by atoms with Crippen LogP contribution in [0.3, 0.4) is 0 Å². The third-order valence-electron chi connectivity index (χ3n) is 4.48. The van der Waals surface area contributed by atoms with Crippen LogP contribution in [0.2, 0.25) is 0 Å². The lowest BCUT2D eigenvalue weighted by Crippen LogP contribution is -2.52. The number of carbonyl (C=O) groups excluding carboxylic acids is 1. The lowest BCUT2D eigenvalue weighted by molar-refractivity contribution is -0.104. The topological polar surface area (TPSA) is 69.5 Å². The van der Waals surface area contributed by atoms with Gasteiger partial charge in [0.15, 0.2) is 5.82 Å². The molecule has 25 heavy (non-hydrogen) atoms. The van der Waals surface area contributed by atoms with Crippen LogP contribution in [0.5, 0.6) is 0 Å². The van der Waals surface area contributed by atoms with Gasteiger partial charge >= 0.3 is 6.09 Å². The number of hydrogen-bond donors (Lipinski definition) is 0. The van der Waals surface area contributed by atoms with Crippen LogP contribution in [-0.2, 0) is 16.1 Å². The van der Waals surface area contributed by atoms with Gasteiger partial charge in [0, 0.05) is 12.6 Å². The Hall–Kier alpha value is -1.63. The maximum atomic E-state index is 12.4. The van der Waals surface area contributed by atoms with E-state index in [4.69, 9.17) is 9.47 Å². The normalized spacial score (nSPS) is 21.6. The van der Waals surface area contributed by atoms with E-state index in [9.17, 15) is 4.79 Å². The van der Waals surface area contributed by atoms with Crippen molar-refractivity contribution in [1.82, 2.24) is 19.7 Å². The van der Waals surface area contributed by atoms with E-state index in [-0.39, 0.29) is 17.7 Å². The number of ether oxygens (including phenoxy) is 2. The monoisotopic (exact) mass is 352 g/mol. The maximum Gasteiger partial charge on any atom is 0.410 e. The van der Waals surface area contributed by atoms with Gasteiger partial charge in [-0.15, -0.1) is 0 Å². The van der Waals surface area contributed by atoms with E-state index in [1.54, 1.807) is 11.2 Å². The van der Waals surface area contributed by atoms with Crippen molar-refractivity contribution in [2.45, 2.75) is 84.7 Å². The molecular formula is C18H32N4O3. The zero-order valence-corrected chi connectivity index (χ0v) is 16.4. The SMILES string of the molecule is CCC1(OCc2ncnn2C(C)C)CCCN(C(=O)OC(C)(C)C)C1. The molecule has 1 unspecified atom stereocenters. The van der Waals surface area contributed by atoms with E-state index in [1.165, 1.54) is 0 Å². The highest BCUT2D eigenvalue weighted by Crippen LogP contribution is 2.30. The van der Waals surface area contributed by atoms with Crippen molar-refractivity contribution >= 4 is 6.09 Å². The van der Waals surface area contributed by atoms with Gasteiger partial charge in [-0.05, 0) is 53.9 Å². The van der Waals surface area contributed by atoms with Gasteiger partial charge in [0.05, 0.1) is 12.1 Å². The Balaban J connectivity index is 2.03. The second-order valence-corrected chi connectivity index (χ2v) is 8.05. The Morgan fingerprint density at radius 3 is 2.72 bits per heavy atom. The third kappa shape index (κ3) is 5.17. The largest absolute Gasteiger partial charge is 0.444 e. The van der Waals surface area contributed by atoms with Gasteiger partial charge in [0.1, 0.15) is 18.5 Å². The number of carbonyl (C=O) groups is 1. The fraction of sp³-hybridized carbons (Fsp3) is 0.833. The molecule has 7 nitrogen and oxygen atoms in total. The van der Waals surface area contributed by atoms with Crippen LogP contribution in [0, 0.1) is 0 Å². The number of aromatic nitrogens is 3. The third-order valence-corrected chi connectivity index (χ3v) is 4.48. The highest BCUT2D eigenvalue weighted by atomic mass is 16.6. The van der Waals surface area contributed by atoms with Gasteiger partial charge in [-0.3, -0.25) is 0 Å². The summed E-state index contributed by atoms with van der Waals surface area (Å²) >= 11 is 0. The van der Waals surface area contributed by atoms with Crippen LogP contribution in [-0.4, -0.2) is 50.0 Å². The van der Waals surface area contributed by atoms with Crippen molar-refractivity contribution in [3.63, 3.8) is 0 Å². The zero-order valence-electron chi connectivity index (χ0n) is 16.4. The van der Waals surface area contributed by atoms with Crippen LogP contribution in [0.4, 0.5) is 4.79 Å². The Kier molecular flexibility index (Phi) is 6.08. The zero-order chi connectivity index (χ0) is 18.7. The van der Waals surface area contributed by atoms with Gasteiger partial charge in [-0.2, -0.15) is 5.10 Å². The molecule has 0 N–H and O–H groups in total. The first-order valence-corrected chi connectivity index (χ1v) is 9.16. The maximum absolute atomic E-state index is 12.4. The fourth-order valence-electron chi connectivity index (χ4n) is 3.12. The number of rotatable bonds is 5. The van der Waals surface area contributed by atoms with E-state index in [2.05, 4.69) is 30.9 Å². The Bertz CT molecular complexity index is 579. The highest BCUT2D eigenvalue weighted by Gasteiger charge is 2.38. The molecule has 1 aliphatic rings. The molecule has 0 aliphatic carbocycles. The van der Waals surface area contributed by atoms with Crippen LogP contribution >= 0.6 is 0 Å². The smallest absolute Gasteiger partial charge is 0.410 e. The first-order valence-electron chi connectivity index (χ1n) is 9.16. The summed E-state index contributed by atoms with van der Waals surface area (Å²) in [4.78, 5) is 18.5. The second kappa shape index (κ2) is 7.72. The summed E-state index contributed by atoms with van der Waals surface area (Å²) in [5, 5.41) is 4.25. The molecule has 0 saturated carbocycles. The molecule has 1 aliphatic heterocycles. The predicted molar refractivity (Wildman–Crippen MR) is 95.3 cm³/mol. The summed E-state index contributed by atoms with van der Waals surface area (Å²) in [6, 6.07) is 0.239. The molecule has 0 aromatic carbocycles. The summed E-state index contributed by atoms with van der Waals surface area (Å²) in [6.45, 7) is 13.6. The van der Waals surface area contributed by atoms with Crippen molar-refractivity contribution in [2.75, 3.05) is 13.1 Å². The van der Waals surface area contributed by atoms with Crippen molar-refractivity contribution in [3.8, 4) is 0 Å². The quantitative estimate of drug-likeness (QED) is 0.810. The molecule has 1 aromatic rings. The molecule has 0 bridgehead atoms. The summed E-state index contributed by atoms with van der Waals surface area (Å²) in [5.74, 6) is 0.817. The molecule has 1 aromatic heterocycles. The molecule has 2 heterocycles. The molecular weight excluding hydrogens is 320 g/mol. The molecule has 142 valence electrons. The first-order chi connectivity index (χ1) is 11.7. The Morgan fingerprint density at radius 1 is 1.40 bits per heavy atom. The average Bonchev–Trinajstić information content (AvgIpc) is 3.00. The molecule has 0 spiro atoms. The summed E-state index contributed by atoms with van der Waals surface area (Å²) < 4.78 is 13.7. The van der Waals surface area contributed by atoms with Gasteiger partial charge < -0.3 is 14.4 Å². The Morgan fingerprint density at radius 2 is 2.12 bits per heavy atom. The van der Waals surface area contributed by atoms with Gasteiger partial charge in [0.25, 0.3) is 0 Å². The number of likely N-dealkylation sites (tertiary alicyclic amines) is 1. The van der Waals surface area contributed by atoms with E-state index in [0.717, 1.165) is 25.1 Å². The standard InChI is InChI=1S/C18H32N4O3/c1-7-18(24-11-15-19-13-20-22(15)14(2)3)9-8-10-21(12-18)16(23)25-17(4,5)6/h13-14H,7-12H2,1-6H3. The van der Waals surface area contributed by atoms with Crippen molar-refractivity contribution in [2.24, 2.45) is 0 Å². The lowest BCUT2D eigenvalue weighted by atomic mass is 9.90. The number of hydrogen-bond acceptors (Lipinski definition) is 5. The minimum absolute atomic E-state index is 0.239. The van der Waals surface area contributed by atoms with Crippen LogP contribution in [0.1, 0.15) is 72.7 Å². The van der Waals surface area contributed by atoms with Crippen molar-refractivity contribution in [1.29, 1.82) is 0 Å². The molecule has 1 amide bonds. The number of piperidine rings is 1. The van der Waals surface area contributed by atoms with Crippen molar-refractivity contribution in [3.05, 3.63) is 12.2 Å². The molecule has 1 fully saturated rings. The van der Waals surface area contributed by atoms with Gasteiger partial charge in [-0.1, -0.05) is 6.92 Å². The van der Waals surface area contributed by atoms with E-state index < -0.39 is 5.60 Å². The van der Waals surface area contributed by atoms with E-state index in [1.807, 2.05) is 25.5 Å². The molecule has 1 atom stereocenters. The van der Waals surface area contributed by atoms with Crippen molar-refractivity contribution < 1.29 is 14.3 Å². The summed E-state index contributed by atoms with van der Waals surface area (Å²) in [5.41, 5.74) is -0.846. The number of amides is 1. The summed E-state index contributed by atoms with van der Waals surface area (Å²) in [6.07, 6.45) is 3.97. The molecule has 2 rings (SSSR count). The minimum atomic E-state index is -0.488. The van der Waals surface area contributed by atoms with Gasteiger partial charge in [0.2, 0.25) is 0 Å². The lowest BCUT2D eigenvalue weighted by Gasteiger charge is -2.42. The predicted octanol–water partition coefficient (Wildman–Crippen LogP) is 3.56. The highest BCUT2D eigenvalue weighted by molar-refractivity contribution is 5.68. The van der Waals surface area contributed by atoms with Crippen LogP contribution in [0.15, 0.2) is 6.33 Å². The molecule has 1 saturated heterocycles. The second-order valence-electron chi connectivity index (χ2n) is 8.05. The van der Waals surface area contributed by atoms with Gasteiger partial charge in [-0.25, -0.2) is 14.5 Å². The summed E-state index contributed by atoms with van der Waals surface area (Å²) in [7, 11) is 0. The Labute approximate surface area is 150 Å². The minimum Gasteiger partial charge on any atom is -0.444 e. The van der Waals surface area contributed by atoms with E-state index in [0.29, 0.717) is 19.7 Å². The average molecular weight is 352 g/mol. The fourth-order valence-corrected chi connectivity index (χ4v) is 3.12. The number of nitrogens with zero attached hydrogens (tertiary/aromatic N) is 4. The van der Waals surface area contributed by atoms with E-state index >= 15 is 0 Å². The molecule has 0 radical (unpaired) electrons.